The number of imide groups is 1. The van der Waals surface area contributed by atoms with Gasteiger partial charge in [0.25, 0.3) is 0 Å². The van der Waals surface area contributed by atoms with Gasteiger partial charge in [-0.05, 0) is 0 Å². The van der Waals surface area contributed by atoms with Gasteiger partial charge < -0.3 is 21.2 Å². The summed E-state index contributed by atoms with van der Waals surface area (Å²) >= 11 is 0. The van der Waals surface area contributed by atoms with Crippen LogP contribution in [0.15, 0.2) is 0 Å². The standard InChI is InChI=1S/C7H11N3O4.H2O/c8-4(6(12)13)3-10-2-1-5(11)9-7(10)14;/h4H,1-3,8H2,(H,12,13)(H,9,11,14);1H2/t4-;/m0./s1. The summed E-state index contributed by atoms with van der Waals surface area (Å²) in [4.78, 5) is 33.4. The number of nitrogens with two attached hydrogens (primary N) is 1. The molecular weight excluding hydrogens is 206 g/mol. The number of amides is 3. The molecule has 0 aliphatic carbocycles. The minimum atomic E-state index is -1.17. The smallest absolute Gasteiger partial charge is 0.324 e. The van der Waals surface area contributed by atoms with Crippen LogP contribution in [-0.2, 0) is 9.59 Å². The Morgan fingerprint density at radius 2 is 2.20 bits per heavy atom. The van der Waals surface area contributed by atoms with Gasteiger partial charge in [0, 0.05) is 19.5 Å². The van der Waals surface area contributed by atoms with Crippen LogP contribution in [0.25, 0.3) is 0 Å². The van der Waals surface area contributed by atoms with E-state index in [1.54, 1.807) is 0 Å². The molecule has 1 fully saturated rings. The van der Waals surface area contributed by atoms with Crippen molar-refractivity contribution in [2.24, 2.45) is 5.73 Å². The lowest BCUT2D eigenvalue weighted by Crippen LogP contribution is -2.54. The zero-order valence-corrected chi connectivity index (χ0v) is 7.90. The first kappa shape index (κ1) is 13.3. The topological polar surface area (TPSA) is 144 Å². The average molecular weight is 219 g/mol. The summed E-state index contributed by atoms with van der Waals surface area (Å²) in [5.74, 6) is -1.52. The van der Waals surface area contributed by atoms with Crippen molar-refractivity contribution in [3.8, 4) is 0 Å². The fourth-order valence-corrected chi connectivity index (χ4v) is 1.09. The van der Waals surface area contributed by atoms with E-state index in [4.69, 9.17) is 10.8 Å². The number of rotatable bonds is 3. The number of nitrogens with one attached hydrogen (secondary N) is 1. The van der Waals surface area contributed by atoms with Crippen LogP contribution in [0, 0.1) is 0 Å². The van der Waals surface area contributed by atoms with Crippen LogP contribution in [0.4, 0.5) is 4.79 Å². The van der Waals surface area contributed by atoms with Crippen LogP contribution >= 0.6 is 0 Å². The summed E-state index contributed by atoms with van der Waals surface area (Å²) in [6.45, 7) is 0.125. The SMILES string of the molecule is N[C@@H](CN1CCC(=O)NC1=O)C(=O)O.O. The molecule has 1 heterocycles. The normalized spacial score (nSPS) is 17.8. The molecule has 0 saturated carbocycles. The van der Waals surface area contributed by atoms with E-state index < -0.39 is 18.0 Å². The van der Waals surface area contributed by atoms with Gasteiger partial charge in [0.1, 0.15) is 6.04 Å². The van der Waals surface area contributed by atoms with Crippen LogP contribution in [0.2, 0.25) is 0 Å². The van der Waals surface area contributed by atoms with Crippen molar-refractivity contribution in [3.05, 3.63) is 0 Å². The van der Waals surface area contributed by atoms with Crippen LogP contribution in [0.5, 0.6) is 0 Å². The highest BCUT2D eigenvalue weighted by atomic mass is 16.4. The van der Waals surface area contributed by atoms with Crippen molar-refractivity contribution >= 4 is 17.9 Å². The van der Waals surface area contributed by atoms with Crippen molar-refractivity contribution in [1.29, 1.82) is 0 Å². The molecule has 86 valence electrons. The van der Waals surface area contributed by atoms with E-state index in [2.05, 4.69) is 5.32 Å². The monoisotopic (exact) mass is 219 g/mol. The van der Waals surface area contributed by atoms with E-state index in [0.29, 0.717) is 0 Å². The van der Waals surface area contributed by atoms with Gasteiger partial charge in [-0.2, -0.15) is 0 Å². The lowest BCUT2D eigenvalue weighted by molar-refractivity contribution is -0.138. The second-order valence-corrected chi connectivity index (χ2v) is 2.99. The molecule has 0 aromatic rings. The molecule has 0 unspecified atom stereocenters. The molecule has 6 N–H and O–H groups in total. The van der Waals surface area contributed by atoms with Crippen molar-refractivity contribution in [2.75, 3.05) is 13.1 Å². The summed E-state index contributed by atoms with van der Waals surface area (Å²) in [5, 5.41) is 10.6. The van der Waals surface area contributed by atoms with E-state index in [0.717, 1.165) is 0 Å². The van der Waals surface area contributed by atoms with Gasteiger partial charge in [-0.3, -0.25) is 14.9 Å². The lowest BCUT2D eigenvalue weighted by atomic mass is 10.2. The van der Waals surface area contributed by atoms with E-state index >= 15 is 0 Å². The van der Waals surface area contributed by atoms with E-state index in [-0.39, 0.29) is 30.9 Å². The Morgan fingerprint density at radius 3 is 2.67 bits per heavy atom. The average Bonchev–Trinajstić information content (AvgIpc) is 2.09. The van der Waals surface area contributed by atoms with Gasteiger partial charge in [0.05, 0.1) is 0 Å². The van der Waals surface area contributed by atoms with Gasteiger partial charge in [-0.15, -0.1) is 0 Å². The molecule has 1 rings (SSSR count). The minimum Gasteiger partial charge on any atom is -0.480 e. The number of hydrogen-bond donors (Lipinski definition) is 3. The maximum Gasteiger partial charge on any atom is 0.324 e. The number of hydrogen-bond acceptors (Lipinski definition) is 4. The maximum atomic E-state index is 11.1. The summed E-state index contributed by atoms with van der Waals surface area (Å²) in [6.07, 6.45) is 0.179. The van der Waals surface area contributed by atoms with Crippen molar-refractivity contribution in [2.45, 2.75) is 12.5 Å². The summed E-state index contributed by atoms with van der Waals surface area (Å²) in [6, 6.07) is -1.70. The van der Waals surface area contributed by atoms with Crippen molar-refractivity contribution in [3.63, 3.8) is 0 Å². The number of carbonyl (C=O) groups is 3. The zero-order chi connectivity index (χ0) is 10.7. The Labute approximate surface area is 85.3 Å². The lowest BCUT2D eigenvalue weighted by Gasteiger charge is -2.27. The van der Waals surface area contributed by atoms with Crippen LogP contribution in [-0.4, -0.2) is 52.5 Å². The third kappa shape index (κ3) is 3.52. The second kappa shape index (κ2) is 5.27. The summed E-state index contributed by atoms with van der Waals surface area (Å²) in [5.41, 5.74) is 5.24. The Bertz CT molecular complexity index is 280. The number of carboxylic acids is 1. The Kier molecular flexibility index (Phi) is 4.68. The van der Waals surface area contributed by atoms with E-state index in [9.17, 15) is 14.4 Å². The quantitative estimate of drug-likeness (QED) is 0.481. The predicted molar refractivity (Wildman–Crippen MR) is 49.0 cm³/mol. The van der Waals surface area contributed by atoms with Crippen LogP contribution in [0.3, 0.4) is 0 Å². The molecule has 0 aromatic carbocycles. The summed E-state index contributed by atoms with van der Waals surface area (Å²) in [7, 11) is 0. The molecule has 0 radical (unpaired) electrons. The fourth-order valence-electron chi connectivity index (χ4n) is 1.09. The molecule has 0 spiro atoms. The molecule has 1 atom stereocenters. The van der Waals surface area contributed by atoms with Gasteiger partial charge >= 0.3 is 12.0 Å². The Morgan fingerprint density at radius 1 is 1.60 bits per heavy atom. The van der Waals surface area contributed by atoms with Crippen LogP contribution in [0.1, 0.15) is 6.42 Å². The molecule has 1 aliphatic rings. The largest absolute Gasteiger partial charge is 0.480 e. The first-order valence-corrected chi connectivity index (χ1v) is 4.08. The maximum absolute atomic E-state index is 11.1. The first-order chi connectivity index (χ1) is 6.50. The molecule has 1 saturated heterocycles. The minimum absolute atomic E-state index is 0. The van der Waals surface area contributed by atoms with Crippen LogP contribution < -0.4 is 11.1 Å². The van der Waals surface area contributed by atoms with Gasteiger partial charge in [0.15, 0.2) is 0 Å². The molecule has 1 aliphatic heterocycles. The third-order valence-electron chi connectivity index (χ3n) is 1.88. The first-order valence-electron chi connectivity index (χ1n) is 4.08. The van der Waals surface area contributed by atoms with Gasteiger partial charge in [-0.1, -0.05) is 0 Å². The van der Waals surface area contributed by atoms with Crippen molar-refractivity contribution < 1.29 is 25.0 Å². The fraction of sp³-hybridized carbons (Fsp3) is 0.571. The summed E-state index contributed by atoms with van der Waals surface area (Å²) < 4.78 is 0. The number of nitrogens with zero attached hydrogens (tertiary/aromatic N) is 1. The Balaban J connectivity index is 0.00000196. The molecule has 15 heavy (non-hydrogen) atoms. The van der Waals surface area contributed by atoms with Gasteiger partial charge in [-0.25, -0.2) is 4.79 Å². The number of carboxylic acid groups (broad SMARTS) is 1. The molecule has 8 heteroatoms. The highest BCUT2D eigenvalue weighted by Crippen LogP contribution is 2.00. The Hall–Kier alpha value is -1.67. The second-order valence-electron chi connectivity index (χ2n) is 2.99. The predicted octanol–water partition coefficient (Wildman–Crippen LogP) is -2.48. The highest BCUT2D eigenvalue weighted by Gasteiger charge is 2.26. The van der Waals surface area contributed by atoms with Gasteiger partial charge in [0.2, 0.25) is 5.91 Å². The molecule has 3 amide bonds. The highest BCUT2D eigenvalue weighted by molar-refractivity contribution is 5.96. The molecule has 0 bridgehead atoms. The molecular formula is C7H13N3O5. The number of carbonyl (C=O) groups excluding carboxylic acids is 2. The third-order valence-corrected chi connectivity index (χ3v) is 1.88. The van der Waals surface area contributed by atoms with E-state index in [1.807, 2.05) is 0 Å². The number of aliphatic carboxylic acids is 1. The number of urea groups is 1. The molecule has 8 nitrogen and oxygen atoms in total. The van der Waals surface area contributed by atoms with E-state index in [1.165, 1.54) is 4.90 Å². The zero-order valence-electron chi connectivity index (χ0n) is 7.90. The molecule has 0 aromatic heterocycles. The van der Waals surface area contributed by atoms with Crippen molar-refractivity contribution in [1.82, 2.24) is 10.2 Å².